The second-order valence-corrected chi connectivity index (χ2v) is 11.9. The van der Waals surface area contributed by atoms with Crippen molar-refractivity contribution in [3.63, 3.8) is 0 Å². The van der Waals surface area contributed by atoms with Gasteiger partial charge in [-0.25, -0.2) is 0 Å². The van der Waals surface area contributed by atoms with Crippen LogP contribution in [0.3, 0.4) is 0 Å². The zero-order chi connectivity index (χ0) is 32.8. The molecule has 0 saturated carbocycles. The Labute approximate surface area is 266 Å². The number of nitrogens with zero attached hydrogens (tertiary/aromatic N) is 3. The third-order valence-corrected chi connectivity index (χ3v) is 8.60. The van der Waals surface area contributed by atoms with Crippen molar-refractivity contribution in [1.29, 1.82) is 0 Å². The smallest absolute Gasteiger partial charge is 0.392 e. The molecule has 5 rings (SSSR count). The van der Waals surface area contributed by atoms with E-state index in [-0.39, 0.29) is 37.7 Å². The fraction of sp³-hybridized carbons (Fsp3) is 0.441. The van der Waals surface area contributed by atoms with E-state index in [9.17, 15) is 27.9 Å². The van der Waals surface area contributed by atoms with Crippen LogP contribution in [0, 0.1) is 5.92 Å². The highest BCUT2D eigenvalue weighted by atomic mass is 19.4. The molecular formula is C34H39F3N4O5. The molecule has 0 bridgehead atoms. The van der Waals surface area contributed by atoms with E-state index >= 15 is 0 Å². The molecule has 5 atom stereocenters. The fourth-order valence-corrected chi connectivity index (χ4v) is 5.97. The van der Waals surface area contributed by atoms with Crippen LogP contribution in [0.4, 0.5) is 18.9 Å². The van der Waals surface area contributed by atoms with Crippen molar-refractivity contribution in [2.24, 2.45) is 5.92 Å². The van der Waals surface area contributed by atoms with Gasteiger partial charge in [0.25, 0.3) is 0 Å². The van der Waals surface area contributed by atoms with Gasteiger partial charge < -0.3 is 29.7 Å². The summed E-state index contributed by atoms with van der Waals surface area (Å²) >= 11 is 0. The number of benzene rings is 2. The summed E-state index contributed by atoms with van der Waals surface area (Å²) in [5.74, 6) is -2.68. The second-order valence-electron chi connectivity index (χ2n) is 11.9. The summed E-state index contributed by atoms with van der Waals surface area (Å²) in [5, 5.41) is 12.2. The van der Waals surface area contributed by atoms with Crippen LogP contribution in [0.25, 0.3) is 0 Å². The van der Waals surface area contributed by atoms with Crippen molar-refractivity contribution in [1.82, 2.24) is 14.8 Å². The molecule has 0 aliphatic carbocycles. The Morgan fingerprint density at radius 3 is 2.41 bits per heavy atom. The summed E-state index contributed by atoms with van der Waals surface area (Å²) in [6.45, 7) is 3.34. The van der Waals surface area contributed by atoms with Crippen LogP contribution >= 0.6 is 0 Å². The first kappa shape index (κ1) is 33.5. The summed E-state index contributed by atoms with van der Waals surface area (Å²) in [5.41, 5.74) is 3.85. The van der Waals surface area contributed by atoms with Crippen LogP contribution in [0.5, 0.6) is 0 Å². The monoisotopic (exact) mass is 640 g/mol. The zero-order valence-electron chi connectivity index (χ0n) is 25.8. The van der Waals surface area contributed by atoms with Gasteiger partial charge in [-0.2, -0.15) is 13.2 Å². The minimum Gasteiger partial charge on any atom is -0.392 e. The molecule has 0 radical (unpaired) electrons. The predicted molar refractivity (Wildman–Crippen MR) is 164 cm³/mol. The van der Waals surface area contributed by atoms with Gasteiger partial charge in [-0.15, -0.1) is 0 Å². The zero-order valence-corrected chi connectivity index (χ0v) is 25.8. The third kappa shape index (κ3) is 8.11. The van der Waals surface area contributed by atoms with E-state index in [4.69, 9.17) is 9.47 Å². The Hall–Kier alpha value is -3.84. The number of likely N-dealkylation sites (tertiary alicyclic amines) is 1. The number of pyridine rings is 1. The number of hydrogen-bond donors (Lipinski definition) is 2. The molecule has 3 heterocycles. The number of carbonyl (C=O) groups excluding carboxylic acids is 2. The summed E-state index contributed by atoms with van der Waals surface area (Å²) in [4.78, 5) is 31.9. The minimum absolute atomic E-state index is 0.0131. The summed E-state index contributed by atoms with van der Waals surface area (Å²) in [6, 6.07) is 19.1. The quantitative estimate of drug-likeness (QED) is 0.321. The van der Waals surface area contributed by atoms with Gasteiger partial charge >= 0.3 is 12.1 Å². The van der Waals surface area contributed by atoms with Gasteiger partial charge in [-0.3, -0.25) is 14.6 Å². The van der Waals surface area contributed by atoms with Gasteiger partial charge in [-0.05, 0) is 55.3 Å². The lowest BCUT2D eigenvalue weighted by Crippen LogP contribution is -2.48. The maximum Gasteiger partial charge on any atom is 0.471 e. The van der Waals surface area contributed by atoms with Crippen LogP contribution in [0.1, 0.15) is 54.5 Å². The molecule has 2 saturated heterocycles. The van der Waals surface area contributed by atoms with Crippen LogP contribution in [-0.4, -0.2) is 76.7 Å². The molecule has 3 aromatic rings. The van der Waals surface area contributed by atoms with Crippen molar-refractivity contribution < 1.29 is 37.3 Å². The molecule has 1 aromatic heterocycles. The number of rotatable bonds is 10. The lowest BCUT2D eigenvalue weighted by Gasteiger charge is -2.42. The Kier molecular flexibility index (Phi) is 10.7. The lowest BCUT2D eigenvalue weighted by molar-refractivity contribution is -0.275. The van der Waals surface area contributed by atoms with Gasteiger partial charge in [0.05, 0.1) is 18.8 Å². The third-order valence-electron chi connectivity index (χ3n) is 8.60. The molecule has 2 N–H and O–H groups in total. The number of aromatic nitrogens is 1. The van der Waals surface area contributed by atoms with E-state index in [0.29, 0.717) is 29.1 Å². The Morgan fingerprint density at radius 2 is 1.76 bits per heavy atom. The lowest BCUT2D eigenvalue weighted by atomic mass is 9.90. The Balaban J connectivity index is 1.29. The Bertz CT molecular complexity index is 1460. The molecule has 0 unspecified atom stereocenters. The number of anilines is 1. The summed E-state index contributed by atoms with van der Waals surface area (Å²) in [7, 11) is 2.04. The second kappa shape index (κ2) is 14.7. The van der Waals surface area contributed by atoms with E-state index < -0.39 is 30.3 Å². The number of ether oxygens (including phenoxy) is 2. The number of alkyl halides is 3. The number of halogens is 3. The highest BCUT2D eigenvalue weighted by molar-refractivity contribution is 5.98. The van der Waals surface area contributed by atoms with Crippen molar-refractivity contribution in [2.45, 2.75) is 63.5 Å². The molecule has 9 nitrogen and oxygen atoms in total. The molecular weight excluding hydrogens is 601 g/mol. The van der Waals surface area contributed by atoms with E-state index in [0.717, 1.165) is 29.8 Å². The number of aliphatic hydroxyl groups excluding tert-OH is 1. The van der Waals surface area contributed by atoms with E-state index in [1.807, 2.05) is 49.5 Å². The molecule has 2 aliphatic heterocycles. The molecule has 46 heavy (non-hydrogen) atoms. The standard InChI is InChI=1S/C34H39F3N4O5/c1-22-29(20-40(2)19-16-26-6-3-4-17-38-26)45-32(46-30(22)24-10-8-23(21-42)9-11-24)25-12-14-27(15-13-25)39-31(43)28-7-5-18-41(28)33(44)34(35,36)37/h3-4,6,8-15,17,22,28-30,32,42H,5,7,16,18-21H2,1-2H3,(H,39,43)/t22-,28+,29+,30+,32+/m1/s1. The number of aliphatic hydroxyl groups is 1. The van der Waals surface area contributed by atoms with Crippen molar-refractivity contribution in [2.75, 3.05) is 32.0 Å². The van der Waals surface area contributed by atoms with Gasteiger partial charge in [0, 0.05) is 55.1 Å². The minimum atomic E-state index is -5.04. The highest BCUT2D eigenvalue weighted by Gasteiger charge is 2.47. The maximum atomic E-state index is 13.0. The van der Waals surface area contributed by atoms with Gasteiger partial charge in [0.2, 0.25) is 5.91 Å². The first-order valence-electron chi connectivity index (χ1n) is 15.4. The Morgan fingerprint density at radius 1 is 1.04 bits per heavy atom. The van der Waals surface area contributed by atoms with E-state index in [1.165, 1.54) is 0 Å². The summed E-state index contributed by atoms with van der Waals surface area (Å²) < 4.78 is 52.1. The largest absolute Gasteiger partial charge is 0.471 e. The van der Waals surface area contributed by atoms with Crippen molar-refractivity contribution in [3.8, 4) is 0 Å². The van der Waals surface area contributed by atoms with E-state index in [1.54, 1.807) is 30.5 Å². The maximum absolute atomic E-state index is 13.0. The molecule has 12 heteroatoms. The number of likely N-dealkylation sites (N-methyl/N-ethyl adjacent to an activating group) is 1. The predicted octanol–water partition coefficient (Wildman–Crippen LogP) is 5.03. The van der Waals surface area contributed by atoms with Gasteiger partial charge in [0.15, 0.2) is 6.29 Å². The van der Waals surface area contributed by atoms with Gasteiger partial charge in [-0.1, -0.05) is 49.4 Å². The molecule has 2 aromatic carbocycles. The topological polar surface area (TPSA) is 104 Å². The fourth-order valence-electron chi connectivity index (χ4n) is 5.97. The van der Waals surface area contributed by atoms with Gasteiger partial charge in [0.1, 0.15) is 6.04 Å². The first-order chi connectivity index (χ1) is 22.0. The van der Waals surface area contributed by atoms with Crippen molar-refractivity contribution in [3.05, 3.63) is 95.3 Å². The number of hydrogen-bond acceptors (Lipinski definition) is 7. The molecule has 2 aliphatic rings. The first-order valence-corrected chi connectivity index (χ1v) is 15.4. The van der Waals surface area contributed by atoms with Crippen LogP contribution < -0.4 is 5.32 Å². The number of amides is 2. The van der Waals surface area contributed by atoms with E-state index in [2.05, 4.69) is 22.1 Å². The molecule has 246 valence electrons. The van der Waals surface area contributed by atoms with Crippen LogP contribution in [0.2, 0.25) is 0 Å². The summed E-state index contributed by atoms with van der Waals surface area (Å²) in [6.07, 6.45) is -3.22. The average Bonchev–Trinajstić information content (AvgIpc) is 3.55. The molecule has 2 fully saturated rings. The van der Waals surface area contributed by atoms with Crippen molar-refractivity contribution >= 4 is 17.5 Å². The number of nitrogens with one attached hydrogen (secondary N) is 1. The average molecular weight is 641 g/mol. The normalized spacial score (nSPS) is 23.5. The van der Waals surface area contributed by atoms with Crippen LogP contribution in [-0.2, 0) is 32.1 Å². The number of carbonyl (C=O) groups is 2. The molecule has 2 amide bonds. The van der Waals surface area contributed by atoms with Crippen LogP contribution in [0.15, 0.2) is 72.9 Å². The SMILES string of the molecule is C[C@@H]1[C@H](CN(C)CCc2ccccn2)O[C@H](c2ccc(NC(=O)[C@@H]3CCCN3C(=O)C(F)(F)F)cc2)O[C@@H]1c1ccc(CO)cc1. The molecule has 0 spiro atoms. The highest BCUT2D eigenvalue weighted by Crippen LogP contribution is 2.42.